The normalized spacial score (nSPS) is 20.6. The molecule has 4 atom stereocenters. The Labute approximate surface area is 291 Å². The summed E-state index contributed by atoms with van der Waals surface area (Å²) in [4.78, 5) is 16.2. The lowest BCUT2D eigenvalue weighted by Crippen LogP contribution is -2.48. The van der Waals surface area contributed by atoms with E-state index < -0.39 is 38.1 Å². The molecule has 0 saturated carbocycles. The zero-order valence-corrected chi connectivity index (χ0v) is 30.8. The second kappa shape index (κ2) is 16.5. The molecule has 268 valence electrons. The number of hydrogen-bond acceptors (Lipinski definition) is 8. The Kier molecular flexibility index (Phi) is 12.9. The highest BCUT2D eigenvalue weighted by Crippen LogP contribution is 2.30. The van der Waals surface area contributed by atoms with Crippen LogP contribution in [0.4, 0.5) is 5.69 Å². The number of amides is 1. The number of sulfonamides is 2. The van der Waals surface area contributed by atoms with Crippen LogP contribution in [0.5, 0.6) is 5.75 Å². The molecule has 0 saturated heterocycles. The van der Waals surface area contributed by atoms with E-state index in [1.807, 2.05) is 27.7 Å². The molecule has 13 heteroatoms. The van der Waals surface area contributed by atoms with Gasteiger partial charge in [-0.15, -0.1) is 0 Å². The van der Waals surface area contributed by atoms with Crippen molar-refractivity contribution in [3.8, 4) is 5.75 Å². The minimum Gasteiger partial charge on any atom is -0.490 e. The van der Waals surface area contributed by atoms with Gasteiger partial charge in [0.2, 0.25) is 10.0 Å². The third-order valence-corrected chi connectivity index (χ3v) is 12.0. The highest BCUT2D eigenvalue weighted by atomic mass is 32.2. The van der Waals surface area contributed by atoms with Crippen molar-refractivity contribution in [1.82, 2.24) is 9.21 Å². The highest BCUT2D eigenvalue weighted by molar-refractivity contribution is 7.92. The SMILES string of the molecule is Cc1ccc(S(=O)(=O)Nc2ccc3c(c2)C(=O)N([C@@H](C)CO)C[C@@H](C)[C@H](CN(C)S(=O)(=O)c2ccc(C)cc2)OCCCC[C@@H](C)O3)cc1. The van der Waals surface area contributed by atoms with E-state index in [0.29, 0.717) is 25.2 Å². The Bertz CT molecular complexity index is 1780. The fourth-order valence-corrected chi connectivity index (χ4v) is 7.85. The summed E-state index contributed by atoms with van der Waals surface area (Å²) in [5.74, 6) is -0.529. The van der Waals surface area contributed by atoms with Gasteiger partial charge in [0, 0.05) is 38.3 Å². The molecule has 49 heavy (non-hydrogen) atoms. The van der Waals surface area contributed by atoms with Crippen LogP contribution in [0.3, 0.4) is 0 Å². The van der Waals surface area contributed by atoms with Crippen LogP contribution in [0.1, 0.15) is 61.5 Å². The smallest absolute Gasteiger partial charge is 0.261 e. The molecule has 0 aromatic heterocycles. The number of aryl methyl sites for hydroxylation is 2. The number of aliphatic hydroxyl groups excluding tert-OH is 1. The molecular formula is C36H49N3O8S2. The van der Waals surface area contributed by atoms with Crippen LogP contribution in [-0.4, -0.2) is 88.7 Å². The average molecular weight is 716 g/mol. The van der Waals surface area contributed by atoms with E-state index in [9.17, 15) is 26.7 Å². The number of carbonyl (C=O) groups excluding carboxylic acids is 1. The fourth-order valence-electron chi connectivity index (χ4n) is 5.62. The molecule has 0 unspecified atom stereocenters. The number of rotatable bonds is 9. The molecule has 1 aliphatic heterocycles. The maximum Gasteiger partial charge on any atom is 0.261 e. The van der Waals surface area contributed by atoms with Crippen molar-refractivity contribution in [3.63, 3.8) is 0 Å². The Hall–Kier alpha value is -3.49. The summed E-state index contributed by atoms with van der Waals surface area (Å²) in [5.41, 5.74) is 2.18. The van der Waals surface area contributed by atoms with E-state index >= 15 is 0 Å². The Morgan fingerprint density at radius 2 is 1.55 bits per heavy atom. The molecule has 2 N–H and O–H groups in total. The predicted molar refractivity (Wildman–Crippen MR) is 190 cm³/mol. The van der Waals surface area contributed by atoms with E-state index in [4.69, 9.17) is 9.47 Å². The molecule has 0 spiro atoms. The molecule has 1 amide bonds. The first-order valence-corrected chi connectivity index (χ1v) is 19.5. The van der Waals surface area contributed by atoms with E-state index in [0.717, 1.165) is 17.5 Å². The van der Waals surface area contributed by atoms with Gasteiger partial charge in [-0.2, -0.15) is 4.31 Å². The number of anilines is 1. The quantitative estimate of drug-likeness (QED) is 0.307. The van der Waals surface area contributed by atoms with Gasteiger partial charge in [-0.25, -0.2) is 16.8 Å². The number of likely N-dealkylation sites (N-methyl/N-ethyl adjacent to an activating group) is 1. The highest BCUT2D eigenvalue weighted by Gasteiger charge is 2.32. The molecule has 3 aromatic carbocycles. The lowest BCUT2D eigenvalue weighted by molar-refractivity contribution is -0.00833. The van der Waals surface area contributed by atoms with Crippen molar-refractivity contribution < 1.29 is 36.2 Å². The van der Waals surface area contributed by atoms with Gasteiger partial charge in [-0.1, -0.05) is 42.3 Å². The van der Waals surface area contributed by atoms with Gasteiger partial charge >= 0.3 is 0 Å². The van der Waals surface area contributed by atoms with Crippen LogP contribution >= 0.6 is 0 Å². The Morgan fingerprint density at radius 3 is 2.16 bits per heavy atom. The molecular weight excluding hydrogens is 667 g/mol. The molecule has 4 rings (SSSR count). The maximum absolute atomic E-state index is 14.4. The van der Waals surface area contributed by atoms with Crippen LogP contribution in [0.2, 0.25) is 0 Å². The molecule has 0 bridgehead atoms. The summed E-state index contributed by atoms with van der Waals surface area (Å²) in [6.07, 6.45) is 1.31. The van der Waals surface area contributed by atoms with Crippen molar-refractivity contribution in [2.45, 2.75) is 81.9 Å². The second-order valence-electron chi connectivity index (χ2n) is 13.0. The third-order valence-electron chi connectivity index (χ3n) is 8.80. The number of hydrogen-bond donors (Lipinski definition) is 2. The largest absolute Gasteiger partial charge is 0.490 e. The number of carbonyl (C=O) groups is 1. The van der Waals surface area contributed by atoms with E-state index in [2.05, 4.69) is 4.72 Å². The molecule has 0 radical (unpaired) electrons. The lowest BCUT2D eigenvalue weighted by Gasteiger charge is -2.35. The third kappa shape index (κ3) is 9.82. The summed E-state index contributed by atoms with van der Waals surface area (Å²) in [5, 5.41) is 10.2. The van der Waals surface area contributed by atoms with E-state index in [-0.39, 0.29) is 52.8 Å². The van der Waals surface area contributed by atoms with Gasteiger partial charge in [0.15, 0.2) is 0 Å². The molecule has 0 aliphatic carbocycles. The zero-order chi connectivity index (χ0) is 35.9. The van der Waals surface area contributed by atoms with Crippen LogP contribution in [0, 0.1) is 19.8 Å². The average Bonchev–Trinajstić information content (AvgIpc) is 3.06. The van der Waals surface area contributed by atoms with E-state index in [1.165, 1.54) is 34.5 Å². The predicted octanol–water partition coefficient (Wildman–Crippen LogP) is 5.22. The van der Waals surface area contributed by atoms with E-state index in [1.54, 1.807) is 55.5 Å². The standard InChI is InChI=1S/C36H49N3O8S2/c1-25-10-15-31(16-11-25)48(42,43)37-30-14-19-34-33(21-30)36(41)39(28(4)24-40)22-27(3)35(46-20-8-7-9-29(5)47-34)23-38(6)49(44,45)32-17-12-26(2)13-18-32/h10-19,21,27-29,35,37,40H,7-9,20,22-24H2,1-6H3/t27-,28+,29-,35+/m1/s1. The lowest BCUT2D eigenvalue weighted by atomic mass is 10.0. The van der Waals surface area contributed by atoms with Gasteiger partial charge in [-0.05, 0) is 89.4 Å². The monoisotopic (exact) mass is 715 g/mol. The Balaban J connectivity index is 1.67. The number of nitrogens with zero attached hydrogens (tertiary/aromatic N) is 2. The first-order valence-electron chi connectivity index (χ1n) is 16.6. The molecule has 1 heterocycles. The minimum absolute atomic E-state index is 0.0496. The number of benzene rings is 3. The van der Waals surface area contributed by atoms with Crippen molar-refractivity contribution >= 4 is 31.6 Å². The number of nitrogens with one attached hydrogen (secondary N) is 1. The van der Waals surface area contributed by atoms with Crippen molar-refractivity contribution in [3.05, 3.63) is 83.4 Å². The molecule has 1 aliphatic rings. The zero-order valence-electron chi connectivity index (χ0n) is 29.1. The summed E-state index contributed by atoms with van der Waals surface area (Å²) < 4.78 is 69.8. The van der Waals surface area contributed by atoms with Gasteiger partial charge in [0.1, 0.15) is 5.75 Å². The van der Waals surface area contributed by atoms with Crippen molar-refractivity contribution in [1.29, 1.82) is 0 Å². The number of ether oxygens (including phenoxy) is 2. The minimum atomic E-state index is -3.96. The van der Waals surface area contributed by atoms with Gasteiger partial charge in [0.25, 0.3) is 15.9 Å². The van der Waals surface area contributed by atoms with Crippen molar-refractivity contribution in [2.75, 3.05) is 38.1 Å². The van der Waals surface area contributed by atoms with Crippen molar-refractivity contribution in [2.24, 2.45) is 5.92 Å². The summed E-state index contributed by atoms with van der Waals surface area (Å²) >= 11 is 0. The van der Waals surface area contributed by atoms with Crippen LogP contribution in [-0.2, 0) is 24.8 Å². The Morgan fingerprint density at radius 1 is 0.939 bits per heavy atom. The molecule has 3 aromatic rings. The van der Waals surface area contributed by atoms with Gasteiger partial charge in [-0.3, -0.25) is 9.52 Å². The second-order valence-corrected chi connectivity index (χ2v) is 16.8. The molecule has 11 nitrogen and oxygen atoms in total. The van der Waals surface area contributed by atoms with Gasteiger partial charge in [0.05, 0.1) is 40.2 Å². The topological polar surface area (TPSA) is 143 Å². The number of fused-ring (bicyclic) bond motifs is 1. The molecule has 0 fully saturated rings. The van der Waals surface area contributed by atoms with Gasteiger partial charge < -0.3 is 19.5 Å². The fraction of sp³-hybridized carbons (Fsp3) is 0.472. The number of aliphatic hydroxyl groups is 1. The summed E-state index contributed by atoms with van der Waals surface area (Å²) in [6.45, 7) is 9.49. The van der Waals surface area contributed by atoms with Crippen LogP contribution < -0.4 is 9.46 Å². The summed E-state index contributed by atoms with van der Waals surface area (Å²) in [7, 11) is -6.25. The van der Waals surface area contributed by atoms with Crippen LogP contribution in [0.15, 0.2) is 76.5 Å². The maximum atomic E-state index is 14.4. The first kappa shape index (κ1) is 38.3. The van der Waals surface area contributed by atoms with Crippen LogP contribution in [0.25, 0.3) is 0 Å². The summed E-state index contributed by atoms with van der Waals surface area (Å²) in [6, 6.07) is 17.1. The first-order chi connectivity index (χ1) is 23.1.